The zero-order valence-electron chi connectivity index (χ0n) is 9.86. The number of rotatable bonds is 4. The summed E-state index contributed by atoms with van der Waals surface area (Å²) in [5.41, 5.74) is 1.27. The summed E-state index contributed by atoms with van der Waals surface area (Å²) in [5, 5.41) is 5.55. The first-order chi connectivity index (χ1) is 8.70. The van der Waals surface area contributed by atoms with Gasteiger partial charge in [-0.2, -0.15) is 0 Å². The first kappa shape index (κ1) is 12.7. The number of carbonyl (C=O) groups excluding carboxylic acids is 2. The summed E-state index contributed by atoms with van der Waals surface area (Å²) in [4.78, 5) is 24.1. The molecule has 18 heavy (non-hydrogen) atoms. The molecule has 0 atom stereocenters. The Morgan fingerprint density at radius 2 is 2.39 bits per heavy atom. The minimum Gasteiger partial charge on any atom is -0.352 e. The topological polar surface area (TPSA) is 58.2 Å². The second-order valence-electron chi connectivity index (χ2n) is 3.88. The van der Waals surface area contributed by atoms with E-state index in [4.69, 9.17) is 0 Å². The molecular weight excluding hydrogens is 248 g/mol. The van der Waals surface area contributed by atoms with Crippen LogP contribution in [0.25, 0.3) is 0 Å². The SMILES string of the molecule is C=CCCNC(=O)c1ccc2c(c1)NC(=O)CS2. The van der Waals surface area contributed by atoms with E-state index in [0.717, 1.165) is 11.3 Å². The maximum atomic E-state index is 11.8. The quantitative estimate of drug-likeness (QED) is 0.645. The molecule has 0 radical (unpaired) electrons. The highest BCUT2D eigenvalue weighted by Gasteiger charge is 2.16. The van der Waals surface area contributed by atoms with Crippen LogP contribution in [0.1, 0.15) is 16.8 Å². The van der Waals surface area contributed by atoms with Gasteiger partial charge in [0, 0.05) is 17.0 Å². The van der Waals surface area contributed by atoms with Crippen molar-refractivity contribution in [2.75, 3.05) is 17.6 Å². The van der Waals surface area contributed by atoms with E-state index in [1.807, 2.05) is 6.07 Å². The lowest BCUT2D eigenvalue weighted by Crippen LogP contribution is -2.25. The van der Waals surface area contributed by atoms with Gasteiger partial charge in [-0.1, -0.05) is 6.08 Å². The molecule has 4 nitrogen and oxygen atoms in total. The molecule has 0 spiro atoms. The van der Waals surface area contributed by atoms with Crippen LogP contribution in [0, 0.1) is 0 Å². The van der Waals surface area contributed by atoms with Gasteiger partial charge in [-0.05, 0) is 24.6 Å². The van der Waals surface area contributed by atoms with Crippen LogP contribution in [0.15, 0.2) is 35.7 Å². The van der Waals surface area contributed by atoms with Gasteiger partial charge in [0.05, 0.1) is 11.4 Å². The second-order valence-corrected chi connectivity index (χ2v) is 4.90. The van der Waals surface area contributed by atoms with Crippen molar-refractivity contribution in [3.63, 3.8) is 0 Å². The Bertz CT molecular complexity index is 500. The fourth-order valence-electron chi connectivity index (χ4n) is 1.61. The maximum absolute atomic E-state index is 11.8. The summed E-state index contributed by atoms with van der Waals surface area (Å²) in [6.45, 7) is 4.16. The molecule has 2 amide bonds. The van der Waals surface area contributed by atoms with Crippen molar-refractivity contribution in [2.45, 2.75) is 11.3 Å². The van der Waals surface area contributed by atoms with E-state index < -0.39 is 0 Å². The fraction of sp³-hybridized carbons (Fsp3) is 0.231. The van der Waals surface area contributed by atoms with E-state index in [1.165, 1.54) is 11.8 Å². The number of hydrogen-bond donors (Lipinski definition) is 2. The molecule has 0 saturated heterocycles. The molecule has 2 rings (SSSR count). The van der Waals surface area contributed by atoms with Gasteiger partial charge in [-0.25, -0.2) is 0 Å². The van der Waals surface area contributed by atoms with Gasteiger partial charge in [0.25, 0.3) is 5.91 Å². The van der Waals surface area contributed by atoms with E-state index in [1.54, 1.807) is 18.2 Å². The molecule has 5 heteroatoms. The lowest BCUT2D eigenvalue weighted by Gasteiger charge is -2.16. The van der Waals surface area contributed by atoms with Gasteiger partial charge in [0.1, 0.15) is 0 Å². The average Bonchev–Trinajstić information content (AvgIpc) is 2.38. The number of hydrogen-bond acceptors (Lipinski definition) is 3. The van der Waals surface area contributed by atoms with Crippen LogP contribution < -0.4 is 10.6 Å². The molecule has 0 bridgehead atoms. The number of fused-ring (bicyclic) bond motifs is 1. The van der Waals surface area contributed by atoms with Crippen LogP contribution in [0.2, 0.25) is 0 Å². The Morgan fingerprint density at radius 1 is 1.56 bits per heavy atom. The second kappa shape index (κ2) is 5.73. The van der Waals surface area contributed by atoms with Gasteiger partial charge in [-0.3, -0.25) is 9.59 Å². The van der Waals surface area contributed by atoms with Gasteiger partial charge in [0.15, 0.2) is 0 Å². The van der Waals surface area contributed by atoms with Crippen molar-refractivity contribution < 1.29 is 9.59 Å². The highest BCUT2D eigenvalue weighted by atomic mass is 32.2. The molecule has 1 aliphatic rings. The number of carbonyl (C=O) groups is 2. The minimum atomic E-state index is -0.135. The Balaban J connectivity index is 2.10. The first-order valence-electron chi connectivity index (χ1n) is 5.66. The van der Waals surface area contributed by atoms with E-state index in [9.17, 15) is 9.59 Å². The van der Waals surface area contributed by atoms with Gasteiger partial charge in [-0.15, -0.1) is 18.3 Å². The molecule has 1 aromatic carbocycles. The monoisotopic (exact) mass is 262 g/mol. The highest BCUT2D eigenvalue weighted by Crippen LogP contribution is 2.31. The van der Waals surface area contributed by atoms with Crippen LogP contribution in [0.3, 0.4) is 0 Å². The van der Waals surface area contributed by atoms with Gasteiger partial charge >= 0.3 is 0 Å². The normalized spacial score (nSPS) is 13.4. The van der Waals surface area contributed by atoms with Crippen molar-refractivity contribution >= 4 is 29.3 Å². The molecule has 1 aliphatic heterocycles. The molecule has 0 unspecified atom stereocenters. The van der Waals surface area contributed by atoms with E-state index >= 15 is 0 Å². The zero-order chi connectivity index (χ0) is 13.0. The minimum absolute atomic E-state index is 0.0308. The predicted molar refractivity (Wildman–Crippen MR) is 72.9 cm³/mol. The standard InChI is InChI=1S/C13H14N2O2S/c1-2-3-6-14-13(17)9-4-5-11-10(7-9)15-12(16)8-18-11/h2,4-5,7H,1,3,6,8H2,(H,14,17)(H,15,16). The molecule has 1 aromatic rings. The summed E-state index contributed by atoms with van der Waals surface area (Å²) in [6, 6.07) is 5.34. The summed E-state index contributed by atoms with van der Waals surface area (Å²) in [6.07, 6.45) is 2.49. The molecule has 94 valence electrons. The van der Waals surface area contributed by atoms with Crippen LogP contribution in [0.5, 0.6) is 0 Å². The van der Waals surface area contributed by atoms with Crippen LogP contribution in [0.4, 0.5) is 5.69 Å². The third kappa shape index (κ3) is 2.92. The maximum Gasteiger partial charge on any atom is 0.251 e. The van der Waals surface area contributed by atoms with Crippen LogP contribution in [-0.2, 0) is 4.79 Å². The van der Waals surface area contributed by atoms with E-state index in [-0.39, 0.29) is 11.8 Å². The number of thioether (sulfide) groups is 1. The lowest BCUT2D eigenvalue weighted by atomic mass is 10.2. The zero-order valence-corrected chi connectivity index (χ0v) is 10.7. The molecule has 0 saturated carbocycles. The Hall–Kier alpha value is -1.75. The van der Waals surface area contributed by atoms with Crippen molar-refractivity contribution in [3.8, 4) is 0 Å². The molecule has 0 aliphatic carbocycles. The summed E-state index contributed by atoms with van der Waals surface area (Å²) in [7, 11) is 0. The van der Waals surface area contributed by atoms with Crippen molar-refractivity contribution in [1.82, 2.24) is 5.32 Å². The fourth-order valence-corrected chi connectivity index (χ4v) is 2.40. The first-order valence-corrected chi connectivity index (χ1v) is 6.65. The Kier molecular flexibility index (Phi) is 4.04. The largest absolute Gasteiger partial charge is 0.352 e. The summed E-state index contributed by atoms with van der Waals surface area (Å²) < 4.78 is 0. The van der Waals surface area contributed by atoms with Crippen molar-refractivity contribution in [2.24, 2.45) is 0 Å². The molecular formula is C13H14N2O2S. The van der Waals surface area contributed by atoms with Gasteiger partial charge < -0.3 is 10.6 Å². The molecule has 2 N–H and O–H groups in total. The van der Waals surface area contributed by atoms with E-state index in [2.05, 4.69) is 17.2 Å². The lowest BCUT2D eigenvalue weighted by molar-refractivity contribution is -0.113. The predicted octanol–water partition coefficient (Wildman–Crippen LogP) is 2.04. The number of amides is 2. The van der Waals surface area contributed by atoms with Crippen LogP contribution >= 0.6 is 11.8 Å². The third-order valence-corrected chi connectivity index (χ3v) is 3.58. The summed E-state index contributed by atoms with van der Waals surface area (Å²) in [5.74, 6) is 0.263. The van der Waals surface area contributed by atoms with Crippen molar-refractivity contribution in [3.05, 3.63) is 36.4 Å². The van der Waals surface area contributed by atoms with Crippen molar-refractivity contribution in [1.29, 1.82) is 0 Å². The highest BCUT2D eigenvalue weighted by molar-refractivity contribution is 8.00. The molecule has 0 fully saturated rings. The number of benzene rings is 1. The van der Waals surface area contributed by atoms with Crippen LogP contribution in [-0.4, -0.2) is 24.1 Å². The smallest absolute Gasteiger partial charge is 0.251 e. The Labute approximate surface area is 110 Å². The number of nitrogens with one attached hydrogen (secondary N) is 2. The number of anilines is 1. The Morgan fingerprint density at radius 3 is 3.17 bits per heavy atom. The summed E-state index contributed by atoms with van der Waals surface area (Å²) >= 11 is 1.48. The van der Waals surface area contributed by atoms with Gasteiger partial charge in [0.2, 0.25) is 5.91 Å². The molecule has 1 heterocycles. The van der Waals surface area contributed by atoms with E-state index in [0.29, 0.717) is 23.5 Å². The molecule has 0 aromatic heterocycles. The average molecular weight is 262 g/mol. The third-order valence-electron chi connectivity index (χ3n) is 2.51.